The SMILES string of the molecule is Clc1cccc(Cl)c1.Nc1ccc(S(=O)(=O)O)c(N)c1. The zero-order valence-electron chi connectivity index (χ0n) is 10.1. The van der Waals surface area contributed by atoms with Crippen molar-refractivity contribution in [3.8, 4) is 0 Å². The van der Waals surface area contributed by atoms with Crippen molar-refractivity contribution in [2.24, 2.45) is 0 Å². The smallest absolute Gasteiger partial charge is 0.296 e. The molecule has 0 aliphatic rings. The van der Waals surface area contributed by atoms with Gasteiger partial charge in [0.2, 0.25) is 0 Å². The van der Waals surface area contributed by atoms with Gasteiger partial charge in [-0.25, -0.2) is 0 Å². The zero-order valence-corrected chi connectivity index (χ0v) is 12.5. The Labute approximate surface area is 126 Å². The van der Waals surface area contributed by atoms with Crippen LogP contribution in [-0.2, 0) is 10.1 Å². The first-order chi connectivity index (χ1) is 9.20. The number of halogens is 2. The van der Waals surface area contributed by atoms with Gasteiger partial charge in [-0.3, -0.25) is 4.55 Å². The first-order valence-electron chi connectivity index (χ1n) is 5.23. The van der Waals surface area contributed by atoms with Crippen LogP contribution in [0.25, 0.3) is 0 Å². The second-order valence-corrected chi connectivity index (χ2v) is 5.98. The minimum atomic E-state index is -4.23. The Bertz CT molecular complexity index is 688. The van der Waals surface area contributed by atoms with Gasteiger partial charge in [-0.2, -0.15) is 8.42 Å². The average molecular weight is 335 g/mol. The van der Waals surface area contributed by atoms with Crippen molar-refractivity contribution in [1.82, 2.24) is 0 Å². The molecule has 108 valence electrons. The van der Waals surface area contributed by atoms with E-state index in [1.54, 1.807) is 18.2 Å². The lowest BCUT2D eigenvalue weighted by molar-refractivity contribution is 0.483. The van der Waals surface area contributed by atoms with E-state index >= 15 is 0 Å². The Kier molecular flexibility index (Phi) is 5.64. The highest BCUT2D eigenvalue weighted by molar-refractivity contribution is 7.86. The largest absolute Gasteiger partial charge is 0.399 e. The van der Waals surface area contributed by atoms with Crippen LogP contribution in [0.3, 0.4) is 0 Å². The van der Waals surface area contributed by atoms with Crippen molar-refractivity contribution in [1.29, 1.82) is 0 Å². The molecule has 0 fully saturated rings. The molecule has 0 aliphatic heterocycles. The van der Waals surface area contributed by atoms with Crippen LogP contribution in [0.15, 0.2) is 47.4 Å². The first-order valence-corrected chi connectivity index (χ1v) is 7.43. The molecular formula is C12H12Cl2N2O3S. The van der Waals surface area contributed by atoms with E-state index in [2.05, 4.69) is 0 Å². The predicted molar refractivity (Wildman–Crippen MR) is 81.5 cm³/mol. The van der Waals surface area contributed by atoms with Gasteiger partial charge in [0.25, 0.3) is 10.1 Å². The molecule has 2 aromatic carbocycles. The highest BCUT2D eigenvalue weighted by Crippen LogP contribution is 2.20. The van der Waals surface area contributed by atoms with Crippen LogP contribution in [0, 0.1) is 0 Å². The van der Waals surface area contributed by atoms with Crippen molar-refractivity contribution in [3.05, 3.63) is 52.5 Å². The summed E-state index contributed by atoms with van der Waals surface area (Å²) in [6.07, 6.45) is 0. The Hall–Kier alpha value is -1.47. The molecule has 0 aromatic heterocycles. The summed E-state index contributed by atoms with van der Waals surface area (Å²) in [6, 6.07) is 10.8. The molecule has 2 aromatic rings. The molecule has 0 saturated heterocycles. The summed E-state index contributed by atoms with van der Waals surface area (Å²) in [5.41, 5.74) is 10.9. The molecule has 2 rings (SSSR count). The maximum Gasteiger partial charge on any atom is 0.296 e. The van der Waals surface area contributed by atoms with E-state index in [0.29, 0.717) is 15.7 Å². The fourth-order valence-electron chi connectivity index (χ4n) is 1.26. The number of nitrogens with two attached hydrogens (primary N) is 2. The molecule has 0 atom stereocenters. The minimum absolute atomic E-state index is 0.0579. The molecule has 0 radical (unpaired) electrons. The number of anilines is 2. The lowest BCUT2D eigenvalue weighted by atomic mass is 10.3. The minimum Gasteiger partial charge on any atom is -0.399 e. The quantitative estimate of drug-likeness (QED) is 0.548. The van der Waals surface area contributed by atoms with Gasteiger partial charge in [-0.05, 0) is 36.4 Å². The summed E-state index contributed by atoms with van der Waals surface area (Å²) in [6.45, 7) is 0. The Morgan fingerprint density at radius 2 is 1.50 bits per heavy atom. The van der Waals surface area contributed by atoms with Crippen LogP contribution < -0.4 is 11.5 Å². The molecule has 0 bridgehead atoms. The molecule has 8 heteroatoms. The summed E-state index contributed by atoms with van der Waals surface area (Å²) in [5, 5.41) is 1.36. The highest BCUT2D eigenvalue weighted by atomic mass is 35.5. The first kappa shape index (κ1) is 16.6. The summed E-state index contributed by atoms with van der Waals surface area (Å²) in [7, 11) is -4.23. The third-order valence-electron chi connectivity index (χ3n) is 2.10. The van der Waals surface area contributed by atoms with Crippen molar-refractivity contribution in [2.75, 3.05) is 11.5 Å². The molecule has 0 spiro atoms. The average Bonchev–Trinajstić information content (AvgIpc) is 2.27. The van der Waals surface area contributed by atoms with E-state index < -0.39 is 10.1 Å². The van der Waals surface area contributed by atoms with Gasteiger partial charge in [0.05, 0.1) is 5.69 Å². The molecule has 20 heavy (non-hydrogen) atoms. The molecule has 0 amide bonds. The van der Waals surface area contributed by atoms with E-state index in [1.807, 2.05) is 6.07 Å². The van der Waals surface area contributed by atoms with Crippen LogP contribution in [0.4, 0.5) is 11.4 Å². The lowest BCUT2D eigenvalue weighted by Gasteiger charge is -2.01. The Balaban J connectivity index is 0.000000217. The van der Waals surface area contributed by atoms with Gasteiger partial charge in [0.15, 0.2) is 0 Å². The van der Waals surface area contributed by atoms with E-state index in [1.165, 1.54) is 12.1 Å². The van der Waals surface area contributed by atoms with Gasteiger partial charge >= 0.3 is 0 Å². The van der Waals surface area contributed by atoms with E-state index in [4.69, 9.17) is 39.2 Å². The third kappa shape index (κ3) is 5.26. The number of hydrogen-bond acceptors (Lipinski definition) is 4. The van der Waals surface area contributed by atoms with Crippen molar-refractivity contribution in [2.45, 2.75) is 4.90 Å². The zero-order chi connectivity index (χ0) is 15.3. The van der Waals surface area contributed by atoms with Crippen LogP contribution in [0.2, 0.25) is 10.0 Å². The van der Waals surface area contributed by atoms with Gasteiger partial charge in [-0.1, -0.05) is 29.3 Å². The molecule has 5 N–H and O–H groups in total. The van der Waals surface area contributed by atoms with Crippen LogP contribution in [0.1, 0.15) is 0 Å². The second kappa shape index (κ2) is 6.81. The summed E-state index contributed by atoms with van der Waals surface area (Å²) in [5.74, 6) is 0. The molecule has 0 heterocycles. The Morgan fingerprint density at radius 3 is 1.85 bits per heavy atom. The number of hydrogen-bond donors (Lipinski definition) is 3. The molecule has 0 saturated carbocycles. The maximum atomic E-state index is 10.6. The fraction of sp³-hybridized carbons (Fsp3) is 0. The van der Waals surface area contributed by atoms with Gasteiger partial charge < -0.3 is 11.5 Å². The lowest BCUT2D eigenvalue weighted by Crippen LogP contribution is -2.03. The topological polar surface area (TPSA) is 106 Å². The van der Waals surface area contributed by atoms with E-state index in [0.717, 1.165) is 6.07 Å². The van der Waals surface area contributed by atoms with Crippen molar-refractivity contribution < 1.29 is 13.0 Å². The third-order valence-corrected chi connectivity index (χ3v) is 3.50. The summed E-state index contributed by atoms with van der Waals surface area (Å²) < 4.78 is 29.8. The molecule has 0 aliphatic carbocycles. The molecule has 0 unspecified atom stereocenters. The Morgan fingerprint density at radius 1 is 0.950 bits per heavy atom. The molecule has 5 nitrogen and oxygen atoms in total. The van der Waals surface area contributed by atoms with Crippen LogP contribution in [-0.4, -0.2) is 13.0 Å². The van der Waals surface area contributed by atoms with Crippen molar-refractivity contribution in [3.63, 3.8) is 0 Å². The second-order valence-electron chi connectivity index (χ2n) is 3.71. The maximum absolute atomic E-state index is 10.6. The highest BCUT2D eigenvalue weighted by Gasteiger charge is 2.12. The van der Waals surface area contributed by atoms with Gasteiger partial charge in [0.1, 0.15) is 4.90 Å². The number of benzene rings is 2. The normalized spacial score (nSPS) is 10.6. The van der Waals surface area contributed by atoms with Gasteiger partial charge in [-0.15, -0.1) is 0 Å². The summed E-state index contributed by atoms with van der Waals surface area (Å²) in [4.78, 5) is -0.322. The summed E-state index contributed by atoms with van der Waals surface area (Å²) >= 11 is 11.1. The predicted octanol–water partition coefficient (Wildman–Crippen LogP) is 3.09. The van der Waals surface area contributed by atoms with E-state index in [9.17, 15) is 8.42 Å². The monoisotopic (exact) mass is 334 g/mol. The van der Waals surface area contributed by atoms with E-state index in [-0.39, 0.29) is 10.6 Å². The van der Waals surface area contributed by atoms with Crippen LogP contribution >= 0.6 is 23.2 Å². The number of nitrogen functional groups attached to an aromatic ring is 2. The fourth-order valence-corrected chi connectivity index (χ4v) is 2.29. The van der Waals surface area contributed by atoms with Gasteiger partial charge in [0, 0.05) is 15.7 Å². The molecular weight excluding hydrogens is 323 g/mol. The van der Waals surface area contributed by atoms with Crippen molar-refractivity contribution >= 4 is 44.7 Å². The standard InChI is InChI=1S/C6H4Cl2.C6H8N2O3S/c7-5-2-1-3-6(8)4-5;7-4-1-2-6(5(8)3-4)12(9,10)11/h1-4H;1-3H,7-8H2,(H,9,10,11). The van der Waals surface area contributed by atoms with Crippen LogP contribution in [0.5, 0.6) is 0 Å². The number of rotatable bonds is 1.